The first-order chi connectivity index (χ1) is 14.2. The first-order valence-electron chi connectivity index (χ1n) is 9.72. The number of aromatic nitrogens is 3. The second kappa shape index (κ2) is 8.30. The van der Waals surface area contributed by atoms with Crippen molar-refractivity contribution in [1.29, 1.82) is 0 Å². The SMILES string of the molecule is CCOC(=O)N1CCN(C(=O)c2cnc3c(cnn3Cc3ccccc3)c2)CC1. The summed E-state index contributed by atoms with van der Waals surface area (Å²) in [6.07, 6.45) is 3.01. The minimum Gasteiger partial charge on any atom is -0.450 e. The van der Waals surface area contributed by atoms with E-state index in [1.54, 1.807) is 29.1 Å². The summed E-state index contributed by atoms with van der Waals surface area (Å²) in [5.74, 6) is -0.0845. The van der Waals surface area contributed by atoms with E-state index in [1.165, 1.54) is 0 Å². The molecule has 3 heterocycles. The van der Waals surface area contributed by atoms with Crippen LogP contribution in [0.3, 0.4) is 0 Å². The van der Waals surface area contributed by atoms with Crippen molar-refractivity contribution >= 4 is 23.0 Å². The van der Waals surface area contributed by atoms with E-state index in [1.807, 2.05) is 41.1 Å². The molecular formula is C21H23N5O3. The summed E-state index contributed by atoms with van der Waals surface area (Å²) in [4.78, 5) is 32.5. The Hall–Kier alpha value is -3.42. The predicted molar refractivity (Wildman–Crippen MR) is 108 cm³/mol. The van der Waals surface area contributed by atoms with Crippen LogP contribution in [0.15, 0.2) is 48.8 Å². The molecule has 29 heavy (non-hydrogen) atoms. The number of pyridine rings is 1. The van der Waals surface area contributed by atoms with Crippen LogP contribution in [0.2, 0.25) is 0 Å². The van der Waals surface area contributed by atoms with Crippen LogP contribution in [-0.2, 0) is 11.3 Å². The zero-order valence-electron chi connectivity index (χ0n) is 16.3. The van der Waals surface area contributed by atoms with E-state index < -0.39 is 0 Å². The maximum atomic E-state index is 12.9. The molecule has 1 aromatic carbocycles. The summed E-state index contributed by atoms with van der Waals surface area (Å²) in [6, 6.07) is 11.9. The zero-order valence-corrected chi connectivity index (χ0v) is 16.3. The Morgan fingerprint density at radius 1 is 1.03 bits per heavy atom. The Morgan fingerprint density at radius 2 is 1.76 bits per heavy atom. The summed E-state index contributed by atoms with van der Waals surface area (Å²) in [5, 5.41) is 5.25. The smallest absolute Gasteiger partial charge is 0.409 e. The topological polar surface area (TPSA) is 80.6 Å². The number of amides is 2. The van der Waals surface area contributed by atoms with E-state index >= 15 is 0 Å². The molecule has 0 aliphatic carbocycles. The number of hydrogen-bond donors (Lipinski definition) is 0. The number of carbonyl (C=O) groups is 2. The van der Waals surface area contributed by atoms with Gasteiger partial charge in [-0.15, -0.1) is 0 Å². The van der Waals surface area contributed by atoms with Gasteiger partial charge in [0.25, 0.3) is 5.91 Å². The number of hydrogen-bond acceptors (Lipinski definition) is 5. The summed E-state index contributed by atoms with van der Waals surface area (Å²) in [6.45, 7) is 4.64. The lowest BCUT2D eigenvalue weighted by Crippen LogP contribution is -2.50. The van der Waals surface area contributed by atoms with Crippen LogP contribution in [-0.4, -0.2) is 69.4 Å². The van der Waals surface area contributed by atoms with Crippen molar-refractivity contribution in [2.75, 3.05) is 32.8 Å². The van der Waals surface area contributed by atoms with Gasteiger partial charge in [0.2, 0.25) is 0 Å². The van der Waals surface area contributed by atoms with Gasteiger partial charge in [0.15, 0.2) is 5.65 Å². The van der Waals surface area contributed by atoms with Gasteiger partial charge in [0.1, 0.15) is 0 Å². The molecule has 0 N–H and O–H groups in total. The van der Waals surface area contributed by atoms with Gasteiger partial charge in [0, 0.05) is 37.8 Å². The van der Waals surface area contributed by atoms with Crippen LogP contribution >= 0.6 is 0 Å². The summed E-state index contributed by atoms with van der Waals surface area (Å²) in [5.41, 5.74) is 2.41. The number of fused-ring (bicyclic) bond motifs is 1. The maximum Gasteiger partial charge on any atom is 0.409 e. The zero-order chi connectivity index (χ0) is 20.2. The lowest BCUT2D eigenvalue weighted by molar-refractivity contribution is 0.0570. The van der Waals surface area contributed by atoms with Crippen LogP contribution in [0.25, 0.3) is 11.0 Å². The molecule has 1 aliphatic heterocycles. The molecule has 2 aromatic heterocycles. The number of rotatable bonds is 4. The second-order valence-electron chi connectivity index (χ2n) is 6.90. The number of piperazine rings is 1. The van der Waals surface area contributed by atoms with Crippen molar-refractivity contribution in [3.05, 3.63) is 59.9 Å². The van der Waals surface area contributed by atoms with Gasteiger partial charge in [-0.2, -0.15) is 5.10 Å². The van der Waals surface area contributed by atoms with E-state index in [2.05, 4.69) is 10.1 Å². The molecule has 8 heteroatoms. The van der Waals surface area contributed by atoms with Gasteiger partial charge in [0.05, 0.1) is 24.9 Å². The molecule has 2 amide bonds. The van der Waals surface area contributed by atoms with Gasteiger partial charge in [-0.1, -0.05) is 30.3 Å². The maximum absolute atomic E-state index is 12.9. The Balaban J connectivity index is 1.45. The average molecular weight is 393 g/mol. The molecule has 8 nitrogen and oxygen atoms in total. The largest absolute Gasteiger partial charge is 0.450 e. The van der Waals surface area contributed by atoms with E-state index in [0.717, 1.165) is 16.6 Å². The number of carbonyl (C=O) groups excluding carboxylic acids is 2. The third-order valence-corrected chi connectivity index (χ3v) is 4.99. The Kier molecular flexibility index (Phi) is 5.41. The van der Waals surface area contributed by atoms with E-state index in [9.17, 15) is 9.59 Å². The average Bonchev–Trinajstić information content (AvgIpc) is 3.16. The summed E-state index contributed by atoms with van der Waals surface area (Å²) in [7, 11) is 0. The minimum atomic E-state index is -0.325. The van der Waals surface area contributed by atoms with Gasteiger partial charge in [-0.05, 0) is 18.6 Å². The molecular weight excluding hydrogens is 370 g/mol. The molecule has 0 radical (unpaired) electrons. The first kappa shape index (κ1) is 18.9. The molecule has 4 rings (SSSR count). The molecule has 150 valence electrons. The highest BCUT2D eigenvalue weighted by atomic mass is 16.6. The highest BCUT2D eigenvalue weighted by molar-refractivity contribution is 5.97. The molecule has 0 spiro atoms. The van der Waals surface area contributed by atoms with Crippen molar-refractivity contribution < 1.29 is 14.3 Å². The van der Waals surface area contributed by atoms with Crippen LogP contribution in [0.5, 0.6) is 0 Å². The summed E-state index contributed by atoms with van der Waals surface area (Å²) < 4.78 is 6.85. The molecule has 1 saturated heterocycles. The van der Waals surface area contributed by atoms with Gasteiger partial charge in [-0.25, -0.2) is 14.5 Å². The van der Waals surface area contributed by atoms with Crippen molar-refractivity contribution in [3.63, 3.8) is 0 Å². The quantitative estimate of drug-likeness (QED) is 0.680. The lowest BCUT2D eigenvalue weighted by Gasteiger charge is -2.34. The van der Waals surface area contributed by atoms with E-state index in [-0.39, 0.29) is 12.0 Å². The van der Waals surface area contributed by atoms with Crippen LogP contribution < -0.4 is 0 Å². The van der Waals surface area contributed by atoms with E-state index in [4.69, 9.17) is 4.74 Å². The first-order valence-corrected chi connectivity index (χ1v) is 9.72. The Labute approximate surface area is 168 Å². The molecule has 1 fully saturated rings. The third kappa shape index (κ3) is 4.06. The fourth-order valence-electron chi connectivity index (χ4n) is 3.45. The van der Waals surface area contributed by atoms with Crippen molar-refractivity contribution in [1.82, 2.24) is 24.6 Å². The minimum absolute atomic E-state index is 0.0845. The van der Waals surface area contributed by atoms with E-state index in [0.29, 0.717) is 44.9 Å². The number of nitrogens with zero attached hydrogens (tertiary/aromatic N) is 5. The molecule has 0 unspecified atom stereocenters. The highest BCUT2D eigenvalue weighted by Crippen LogP contribution is 2.17. The summed E-state index contributed by atoms with van der Waals surface area (Å²) >= 11 is 0. The van der Waals surface area contributed by atoms with Crippen molar-refractivity contribution in [2.45, 2.75) is 13.5 Å². The molecule has 0 saturated carbocycles. The Morgan fingerprint density at radius 3 is 2.48 bits per heavy atom. The third-order valence-electron chi connectivity index (χ3n) is 4.99. The molecule has 0 atom stereocenters. The Bertz CT molecular complexity index is 1010. The number of ether oxygens (including phenoxy) is 1. The number of benzene rings is 1. The molecule has 3 aromatic rings. The van der Waals surface area contributed by atoms with Crippen LogP contribution in [0, 0.1) is 0 Å². The van der Waals surface area contributed by atoms with Crippen LogP contribution in [0.4, 0.5) is 4.79 Å². The van der Waals surface area contributed by atoms with Gasteiger partial charge < -0.3 is 14.5 Å². The standard InChI is InChI=1S/C21H23N5O3/c1-2-29-21(28)25-10-8-24(9-11-25)20(27)18-12-17-14-23-26(19(17)22-13-18)15-16-6-4-3-5-7-16/h3-7,12-14H,2,8-11,15H2,1H3. The monoisotopic (exact) mass is 393 g/mol. The van der Waals surface area contributed by atoms with Crippen molar-refractivity contribution in [3.8, 4) is 0 Å². The molecule has 0 bridgehead atoms. The second-order valence-corrected chi connectivity index (χ2v) is 6.90. The van der Waals surface area contributed by atoms with Gasteiger partial charge >= 0.3 is 6.09 Å². The van der Waals surface area contributed by atoms with Crippen LogP contribution in [0.1, 0.15) is 22.8 Å². The lowest BCUT2D eigenvalue weighted by atomic mass is 10.2. The molecule has 1 aliphatic rings. The predicted octanol–water partition coefficient (Wildman–Crippen LogP) is 2.39. The fraction of sp³-hybridized carbons (Fsp3) is 0.333. The van der Waals surface area contributed by atoms with Gasteiger partial charge in [-0.3, -0.25) is 4.79 Å². The normalized spacial score (nSPS) is 14.2. The highest BCUT2D eigenvalue weighted by Gasteiger charge is 2.26. The fourth-order valence-corrected chi connectivity index (χ4v) is 3.45. The van der Waals surface area contributed by atoms with Crippen molar-refractivity contribution in [2.24, 2.45) is 0 Å².